The molecule has 0 unspecified atom stereocenters. The number of carbonyl (C=O) groups is 2. The molecule has 3 rings (SSSR count). The van der Waals surface area contributed by atoms with E-state index in [9.17, 15) is 9.59 Å². The third kappa shape index (κ3) is 3.79. The predicted molar refractivity (Wildman–Crippen MR) is 89.2 cm³/mol. The molecule has 0 atom stereocenters. The SMILES string of the molecule is CC1(C)CN(C(=O)C2CCN(C(=O)N3CCCC3)CC2)CCN1. The zero-order valence-corrected chi connectivity index (χ0v) is 14.5. The van der Waals surface area contributed by atoms with Crippen molar-refractivity contribution < 1.29 is 9.59 Å². The largest absolute Gasteiger partial charge is 0.339 e. The van der Waals surface area contributed by atoms with Crippen molar-refractivity contribution in [2.24, 2.45) is 5.92 Å². The summed E-state index contributed by atoms with van der Waals surface area (Å²) in [5.74, 6) is 0.374. The molecular formula is C17H30N4O2. The van der Waals surface area contributed by atoms with Gasteiger partial charge in [-0.1, -0.05) is 0 Å². The van der Waals surface area contributed by atoms with E-state index in [-0.39, 0.29) is 23.4 Å². The summed E-state index contributed by atoms with van der Waals surface area (Å²) in [6, 6.07) is 0.178. The number of carbonyl (C=O) groups excluding carboxylic acids is 2. The molecule has 0 saturated carbocycles. The minimum atomic E-state index is 0.000329. The van der Waals surface area contributed by atoms with Crippen molar-refractivity contribution in [3.8, 4) is 0 Å². The van der Waals surface area contributed by atoms with Gasteiger partial charge in [0.15, 0.2) is 0 Å². The van der Waals surface area contributed by atoms with Crippen molar-refractivity contribution in [3.63, 3.8) is 0 Å². The van der Waals surface area contributed by atoms with Crippen LogP contribution in [0.2, 0.25) is 0 Å². The molecule has 0 aromatic heterocycles. The van der Waals surface area contributed by atoms with Crippen molar-refractivity contribution in [2.75, 3.05) is 45.8 Å². The molecule has 3 heterocycles. The highest BCUT2D eigenvalue weighted by Gasteiger charge is 2.35. The monoisotopic (exact) mass is 322 g/mol. The number of rotatable bonds is 1. The second-order valence-electron chi connectivity index (χ2n) is 7.81. The third-order valence-electron chi connectivity index (χ3n) is 5.37. The van der Waals surface area contributed by atoms with E-state index in [1.54, 1.807) is 0 Å². The number of hydrogen-bond acceptors (Lipinski definition) is 3. The third-order valence-corrected chi connectivity index (χ3v) is 5.37. The van der Waals surface area contributed by atoms with Crippen LogP contribution in [0.1, 0.15) is 39.5 Å². The molecule has 3 fully saturated rings. The lowest BCUT2D eigenvalue weighted by Gasteiger charge is -2.42. The lowest BCUT2D eigenvalue weighted by molar-refractivity contribution is -0.139. The van der Waals surface area contributed by atoms with Crippen LogP contribution in [0, 0.1) is 5.92 Å². The number of nitrogens with one attached hydrogen (secondary N) is 1. The van der Waals surface area contributed by atoms with Gasteiger partial charge < -0.3 is 20.0 Å². The van der Waals surface area contributed by atoms with E-state index in [0.717, 1.165) is 71.5 Å². The number of urea groups is 1. The zero-order valence-electron chi connectivity index (χ0n) is 14.5. The van der Waals surface area contributed by atoms with Crippen molar-refractivity contribution in [1.82, 2.24) is 20.0 Å². The lowest BCUT2D eigenvalue weighted by atomic mass is 9.93. The molecule has 23 heavy (non-hydrogen) atoms. The summed E-state index contributed by atoms with van der Waals surface area (Å²) in [5.41, 5.74) is 0.000329. The number of hydrogen-bond donors (Lipinski definition) is 1. The Morgan fingerprint density at radius 1 is 0.913 bits per heavy atom. The van der Waals surface area contributed by atoms with E-state index in [4.69, 9.17) is 0 Å². The van der Waals surface area contributed by atoms with Crippen LogP contribution in [0.25, 0.3) is 0 Å². The Bertz CT molecular complexity index is 452. The summed E-state index contributed by atoms with van der Waals surface area (Å²) in [7, 11) is 0. The summed E-state index contributed by atoms with van der Waals surface area (Å²) in [6.45, 7) is 9.97. The first-order valence-electron chi connectivity index (χ1n) is 9.04. The maximum atomic E-state index is 12.8. The Morgan fingerprint density at radius 3 is 2.13 bits per heavy atom. The first-order chi connectivity index (χ1) is 11.0. The molecule has 3 saturated heterocycles. The highest BCUT2D eigenvalue weighted by atomic mass is 16.2. The zero-order chi connectivity index (χ0) is 16.4. The Balaban J connectivity index is 1.50. The van der Waals surface area contributed by atoms with Crippen molar-refractivity contribution in [2.45, 2.75) is 45.1 Å². The number of nitrogens with zero attached hydrogens (tertiary/aromatic N) is 3. The van der Waals surface area contributed by atoms with Crippen LogP contribution in [0.3, 0.4) is 0 Å². The highest BCUT2D eigenvalue weighted by Crippen LogP contribution is 2.23. The molecular weight excluding hydrogens is 292 g/mol. The topological polar surface area (TPSA) is 55.9 Å². The Kier molecular flexibility index (Phi) is 4.80. The Morgan fingerprint density at radius 2 is 1.52 bits per heavy atom. The van der Waals surface area contributed by atoms with Crippen LogP contribution < -0.4 is 5.32 Å². The molecule has 3 amide bonds. The van der Waals surface area contributed by atoms with Gasteiger partial charge in [-0.3, -0.25) is 4.79 Å². The Hall–Kier alpha value is -1.30. The standard InChI is InChI=1S/C17H30N4O2/c1-17(2)13-21(12-7-18-17)15(22)14-5-10-20(11-6-14)16(23)19-8-3-4-9-19/h14,18H,3-13H2,1-2H3. The second-order valence-corrected chi connectivity index (χ2v) is 7.81. The van der Waals surface area contributed by atoms with Gasteiger partial charge in [0.1, 0.15) is 0 Å². The Labute approximate surface area is 139 Å². The van der Waals surface area contributed by atoms with E-state index in [1.807, 2.05) is 14.7 Å². The summed E-state index contributed by atoms with van der Waals surface area (Å²) in [5, 5.41) is 3.45. The van der Waals surface area contributed by atoms with Crippen molar-refractivity contribution >= 4 is 11.9 Å². The minimum absolute atomic E-state index is 0.000329. The molecule has 1 N–H and O–H groups in total. The fourth-order valence-corrected chi connectivity index (χ4v) is 4.01. The summed E-state index contributed by atoms with van der Waals surface area (Å²) in [6.07, 6.45) is 3.87. The van der Waals surface area contributed by atoms with Gasteiger partial charge in [0.2, 0.25) is 5.91 Å². The highest BCUT2D eigenvalue weighted by molar-refractivity contribution is 5.80. The summed E-state index contributed by atoms with van der Waals surface area (Å²) >= 11 is 0. The van der Waals surface area contributed by atoms with Gasteiger partial charge in [0.25, 0.3) is 0 Å². The molecule has 0 bridgehead atoms. The minimum Gasteiger partial charge on any atom is -0.339 e. The van der Waals surface area contributed by atoms with E-state index in [2.05, 4.69) is 19.2 Å². The van der Waals surface area contributed by atoms with E-state index in [0.29, 0.717) is 0 Å². The van der Waals surface area contributed by atoms with Gasteiger partial charge in [-0.25, -0.2) is 4.79 Å². The maximum absolute atomic E-state index is 12.8. The smallest absolute Gasteiger partial charge is 0.319 e. The van der Waals surface area contributed by atoms with E-state index < -0.39 is 0 Å². The van der Waals surface area contributed by atoms with Gasteiger partial charge in [-0.2, -0.15) is 0 Å². The van der Waals surface area contributed by atoms with Crippen molar-refractivity contribution in [3.05, 3.63) is 0 Å². The van der Waals surface area contributed by atoms with Gasteiger partial charge in [0, 0.05) is 57.3 Å². The molecule has 0 spiro atoms. The molecule has 130 valence electrons. The fraction of sp³-hybridized carbons (Fsp3) is 0.882. The quantitative estimate of drug-likeness (QED) is 0.787. The molecule has 0 radical (unpaired) electrons. The van der Waals surface area contributed by atoms with Gasteiger partial charge in [-0.05, 0) is 39.5 Å². The molecule has 0 aliphatic carbocycles. The van der Waals surface area contributed by atoms with Crippen LogP contribution in [-0.2, 0) is 4.79 Å². The van der Waals surface area contributed by atoms with Gasteiger partial charge in [0.05, 0.1) is 0 Å². The van der Waals surface area contributed by atoms with Crippen LogP contribution >= 0.6 is 0 Å². The summed E-state index contributed by atoms with van der Waals surface area (Å²) < 4.78 is 0. The van der Waals surface area contributed by atoms with E-state index in [1.165, 1.54) is 0 Å². The molecule has 0 aromatic carbocycles. The normalized spacial score (nSPS) is 25.7. The van der Waals surface area contributed by atoms with E-state index >= 15 is 0 Å². The molecule has 3 aliphatic heterocycles. The predicted octanol–water partition coefficient (Wildman–Crippen LogP) is 1.12. The average molecular weight is 322 g/mol. The lowest BCUT2D eigenvalue weighted by Crippen LogP contribution is -2.59. The van der Waals surface area contributed by atoms with Gasteiger partial charge in [-0.15, -0.1) is 0 Å². The number of piperazine rings is 1. The van der Waals surface area contributed by atoms with Gasteiger partial charge >= 0.3 is 6.03 Å². The fourth-order valence-electron chi connectivity index (χ4n) is 4.01. The second kappa shape index (κ2) is 6.67. The maximum Gasteiger partial charge on any atom is 0.319 e. The van der Waals surface area contributed by atoms with Crippen LogP contribution in [-0.4, -0.2) is 78.0 Å². The van der Waals surface area contributed by atoms with Crippen molar-refractivity contribution in [1.29, 1.82) is 0 Å². The number of piperidine rings is 1. The molecule has 6 heteroatoms. The first-order valence-corrected chi connectivity index (χ1v) is 9.04. The molecule has 0 aromatic rings. The summed E-state index contributed by atoms with van der Waals surface area (Å²) in [4.78, 5) is 31.1. The van der Waals surface area contributed by atoms with Crippen LogP contribution in [0.5, 0.6) is 0 Å². The van der Waals surface area contributed by atoms with Crippen LogP contribution in [0.4, 0.5) is 4.79 Å². The number of likely N-dealkylation sites (tertiary alicyclic amines) is 2. The first kappa shape index (κ1) is 16.6. The van der Waals surface area contributed by atoms with Crippen LogP contribution in [0.15, 0.2) is 0 Å². The molecule has 3 aliphatic rings. The average Bonchev–Trinajstić information content (AvgIpc) is 3.07. The molecule has 6 nitrogen and oxygen atoms in total. The number of amides is 3.